The fraction of sp³-hybridized carbons (Fsp3) is 0.481. The highest BCUT2D eigenvalue weighted by Crippen LogP contribution is 2.26. The second kappa shape index (κ2) is 12.2. The summed E-state index contributed by atoms with van der Waals surface area (Å²) in [5.41, 5.74) is -0.135. The van der Waals surface area contributed by atoms with Crippen LogP contribution in [0.3, 0.4) is 0 Å². The molecule has 2 aromatic rings. The van der Waals surface area contributed by atoms with Crippen molar-refractivity contribution in [3.8, 4) is 11.5 Å². The van der Waals surface area contributed by atoms with Gasteiger partial charge in [0.25, 0.3) is 0 Å². The smallest absolute Gasteiger partial charge is 0.227 e. The molecule has 1 unspecified atom stereocenters. The molecule has 0 aliphatic carbocycles. The molecule has 0 saturated carbocycles. The van der Waals surface area contributed by atoms with Gasteiger partial charge in [0, 0.05) is 19.6 Å². The first-order valence-corrected chi connectivity index (χ1v) is 12.3. The molecule has 0 radical (unpaired) electrons. The van der Waals surface area contributed by atoms with E-state index in [1.54, 1.807) is 9.80 Å². The number of halogens is 1. The van der Waals surface area contributed by atoms with Crippen LogP contribution in [0, 0.1) is 5.82 Å². The molecule has 0 N–H and O–H groups in total. The van der Waals surface area contributed by atoms with E-state index in [1.807, 2.05) is 31.2 Å². The molecule has 0 spiro atoms. The average molecular weight is 501 g/mol. The van der Waals surface area contributed by atoms with E-state index in [-0.39, 0.29) is 50.2 Å². The number of ether oxygens (including phenoxy) is 4. The predicted molar refractivity (Wildman–Crippen MR) is 130 cm³/mol. The summed E-state index contributed by atoms with van der Waals surface area (Å²) in [5, 5.41) is 0. The summed E-state index contributed by atoms with van der Waals surface area (Å²) < 4.78 is 36.3. The molecule has 2 fully saturated rings. The van der Waals surface area contributed by atoms with E-state index in [2.05, 4.69) is 0 Å². The van der Waals surface area contributed by atoms with Crippen molar-refractivity contribution in [3.05, 3.63) is 59.9 Å². The lowest BCUT2D eigenvalue weighted by Crippen LogP contribution is -2.59. The third-order valence-electron chi connectivity index (χ3n) is 6.34. The van der Waals surface area contributed by atoms with Crippen molar-refractivity contribution < 1.29 is 32.9 Å². The molecule has 9 heteroatoms. The Kier molecular flexibility index (Phi) is 8.77. The Morgan fingerprint density at radius 3 is 2.22 bits per heavy atom. The molecule has 0 aromatic heterocycles. The van der Waals surface area contributed by atoms with Gasteiger partial charge in [-0.05, 0) is 48.9 Å². The number of nitrogens with zero attached hydrogens (tertiary/aromatic N) is 2. The standard InChI is InChI=1S/C27H33FN2O6/c1-2-34-23-7-3-21(4-8-23)17-25(31)30-13-16-36-27(19-30,18-26(32)29-11-14-33-15-12-29)20-35-24-9-5-22(28)6-10-24/h3-10H,2,11-20H2,1H3. The Bertz CT molecular complexity index is 1010. The van der Waals surface area contributed by atoms with Crippen LogP contribution in [-0.4, -0.2) is 86.4 Å². The monoisotopic (exact) mass is 500 g/mol. The Labute approximate surface area is 210 Å². The fourth-order valence-electron chi connectivity index (χ4n) is 4.41. The maximum absolute atomic E-state index is 13.3. The molecule has 2 aliphatic heterocycles. The minimum absolute atomic E-state index is 0.0487. The van der Waals surface area contributed by atoms with Crippen LogP contribution >= 0.6 is 0 Å². The van der Waals surface area contributed by atoms with Gasteiger partial charge >= 0.3 is 0 Å². The topological polar surface area (TPSA) is 77.5 Å². The molecule has 8 nitrogen and oxygen atoms in total. The molecular weight excluding hydrogens is 467 g/mol. The minimum Gasteiger partial charge on any atom is -0.494 e. The van der Waals surface area contributed by atoms with Crippen LogP contribution in [0.25, 0.3) is 0 Å². The van der Waals surface area contributed by atoms with Gasteiger partial charge in [0.05, 0.1) is 45.8 Å². The third-order valence-corrected chi connectivity index (χ3v) is 6.34. The van der Waals surface area contributed by atoms with E-state index in [4.69, 9.17) is 18.9 Å². The van der Waals surface area contributed by atoms with Crippen LogP contribution in [0.5, 0.6) is 11.5 Å². The average Bonchev–Trinajstić information content (AvgIpc) is 2.90. The van der Waals surface area contributed by atoms with Crippen LogP contribution in [0.2, 0.25) is 0 Å². The lowest BCUT2D eigenvalue weighted by Gasteiger charge is -2.43. The highest BCUT2D eigenvalue weighted by Gasteiger charge is 2.42. The maximum atomic E-state index is 13.3. The first-order valence-electron chi connectivity index (χ1n) is 12.3. The summed E-state index contributed by atoms with van der Waals surface area (Å²) >= 11 is 0. The van der Waals surface area contributed by atoms with Crippen LogP contribution < -0.4 is 9.47 Å². The second-order valence-corrected chi connectivity index (χ2v) is 9.01. The number of carbonyl (C=O) groups excluding carboxylic acids is 2. The Balaban J connectivity index is 1.46. The van der Waals surface area contributed by atoms with Crippen LogP contribution in [-0.2, 0) is 25.5 Å². The highest BCUT2D eigenvalue weighted by molar-refractivity contribution is 5.80. The summed E-state index contributed by atoms with van der Waals surface area (Å²) in [7, 11) is 0. The first-order chi connectivity index (χ1) is 17.5. The van der Waals surface area contributed by atoms with Gasteiger partial charge in [0.15, 0.2) is 0 Å². The zero-order valence-electron chi connectivity index (χ0n) is 20.6. The van der Waals surface area contributed by atoms with Crippen LogP contribution in [0.1, 0.15) is 18.9 Å². The Hall–Kier alpha value is -3.17. The summed E-state index contributed by atoms with van der Waals surface area (Å²) in [4.78, 5) is 29.9. The van der Waals surface area contributed by atoms with E-state index < -0.39 is 5.60 Å². The van der Waals surface area contributed by atoms with Crippen LogP contribution in [0.15, 0.2) is 48.5 Å². The highest BCUT2D eigenvalue weighted by atomic mass is 19.1. The van der Waals surface area contributed by atoms with Gasteiger partial charge in [-0.25, -0.2) is 4.39 Å². The zero-order chi connectivity index (χ0) is 25.4. The predicted octanol–water partition coefficient (Wildman–Crippen LogP) is 2.69. The van der Waals surface area contributed by atoms with Gasteiger partial charge in [-0.3, -0.25) is 9.59 Å². The Morgan fingerprint density at radius 1 is 0.889 bits per heavy atom. The lowest BCUT2D eigenvalue weighted by molar-refractivity contribution is -0.167. The van der Waals surface area contributed by atoms with Crippen molar-refractivity contribution in [2.24, 2.45) is 0 Å². The number of hydrogen-bond donors (Lipinski definition) is 0. The molecule has 1 atom stereocenters. The number of hydrogen-bond acceptors (Lipinski definition) is 6. The van der Waals surface area contributed by atoms with Crippen molar-refractivity contribution in [2.75, 3.05) is 59.2 Å². The van der Waals surface area contributed by atoms with Gasteiger partial charge in [0.1, 0.15) is 29.5 Å². The summed E-state index contributed by atoms with van der Waals surface area (Å²) in [6.07, 6.45) is 0.305. The molecule has 4 rings (SSSR count). The van der Waals surface area contributed by atoms with E-state index >= 15 is 0 Å². The molecular formula is C27H33FN2O6. The van der Waals surface area contributed by atoms with Crippen LogP contribution in [0.4, 0.5) is 4.39 Å². The van der Waals surface area contributed by atoms with Crippen molar-refractivity contribution in [1.29, 1.82) is 0 Å². The van der Waals surface area contributed by atoms with Gasteiger partial charge in [-0.15, -0.1) is 0 Å². The Morgan fingerprint density at radius 2 is 1.53 bits per heavy atom. The molecule has 2 amide bonds. The van der Waals surface area contributed by atoms with E-state index in [9.17, 15) is 14.0 Å². The molecule has 2 heterocycles. The van der Waals surface area contributed by atoms with Crippen molar-refractivity contribution >= 4 is 11.8 Å². The van der Waals surface area contributed by atoms with Gasteiger partial charge in [-0.2, -0.15) is 0 Å². The molecule has 2 aromatic carbocycles. The first kappa shape index (κ1) is 25.9. The van der Waals surface area contributed by atoms with Gasteiger partial charge < -0.3 is 28.7 Å². The molecule has 2 aliphatic rings. The zero-order valence-corrected chi connectivity index (χ0v) is 20.6. The number of benzene rings is 2. The third kappa shape index (κ3) is 6.95. The fourth-order valence-corrected chi connectivity index (χ4v) is 4.41. The number of rotatable bonds is 9. The van der Waals surface area contributed by atoms with E-state index in [1.165, 1.54) is 24.3 Å². The van der Waals surface area contributed by atoms with E-state index in [0.29, 0.717) is 45.2 Å². The van der Waals surface area contributed by atoms with Gasteiger partial charge in [0.2, 0.25) is 11.8 Å². The summed E-state index contributed by atoms with van der Waals surface area (Å²) in [6.45, 7) is 5.54. The van der Waals surface area contributed by atoms with E-state index in [0.717, 1.165) is 11.3 Å². The molecule has 194 valence electrons. The van der Waals surface area contributed by atoms with Crippen molar-refractivity contribution in [1.82, 2.24) is 9.80 Å². The maximum Gasteiger partial charge on any atom is 0.227 e. The van der Waals surface area contributed by atoms with Crippen molar-refractivity contribution in [3.63, 3.8) is 0 Å². The SMILES string of the molecule is CCOc1ccc(CC(=O)N2CCOC(COc3ccc(F)cc3)(CC(=O)N3CCOCC3)C2)cc1. The molecule has 36 heavy (non-hydrogen) atoms. The number of amides is 2. The number of morpholine rings is 2. The second-order valence-electron chi connectivity index (χ2n) is 9.01. The summed E-state index contributed by atoms with van der Waals surface area (Å²) in [5.74, 6) is 0.753. The number of carbonyl (C=O) groups is 2. The quantitative estimate of drug-likeness (QED) is 0.527. The van der Waals surface area contributed by atoms with Crippen molar-refractivity contribution in [2.45, 2.75) is 25.4 Å². The largest absolute Gasteiger partial charge is 0.494 e. The molecule has 2 saturated heterocycles. The minimum atomic E-state index is -1.02. The van der Waals surface area contributed by atoms with Gasteiger partial charge in [-0.1, -0.05) is 12.1 Å². The molecule has 0 bridgehead atoms. The summed E-state index contributed by atoms with van der Waals surface area (Å²) in [6, 6.07) is 13.2. The lowest BCUT2D eigenvalue weighted by atomic mass is 9.96. The normalized spacial score (nSPS) is 20.2.